The monoisotopic (exact) mass is 498 g/mol. The summed E-state index contributed by atoms with van der Waals surface area (Å²) in [5, 5.41) is -0.304. The van der Waals surface area contributed by atoms with E-state index < -0.39 is 21.5 Å². The third-order valence-corrected chi connectivity index (χ3v) is 8.13. The van der Waals surface area contributed by atoms with Gasteiger partial charge >= 0.3 is 0 Å². The lowest BCUT2D eigenvalue weighted by Gasteiger charge is -2.30. The van der Waals surface area contributed by atoms with E-state index in [1.807, 2.05) is 13.8 Å². The van der Waals surface area contributed by atoms with Crippen molar-refractivity contribution in [2.45, 2.75) is 70.4 Å². The fourth-order valence-corrected chi connectivity index (χ4v) is 6.35. The van der Waals surface area contributed by atoms with Gasteiger partial charge in [0.15, 0.2) is 5.03 Å². The first-order valence-corrected chi connectivity index (χ1v) is 13.4. The number of pyridine rings is 2. The lowest BCUT2D eigenvalue weighted by Crippen LogP contribution is -2.33. The standard InChI is InChI=1S/C26H34N4O4S/c1-16-13-19(25(2,3)14-16)23-18(9-10-20(28-23)17-11-12-34-26(4,5)15-17)24(31)30-35(32,33)22-8-6-7-21(27)29-22/h6-10,15-16,19H,11-14H2,1-5H3,(H2,27,29)(H,30,31)/t16-,19?/m1/s1. The van der Waals surface area contributed by atoms with Gasteiger partial charge in [0.05, 0.1) is 29.2 Å². The maximum absolute atomic E-state index is 13.4. The average Bonchev–Trinajstić information content (AvgIpc) is 3.04. The van der Waals surface area contributed by atoms with Crippen molar-refractivity contribution in [2.24, 2.45) is 11.3 Å². The molecular formula is C26H34N4O4S. The fourth-order valence-electron chi connectivity index (χ4n) is 5.41. The minimum absolute atomic E-state index is 0.0137. The van der Waals surface area contributed by atoms with Crippen LogP contribution in [-0.2, 0) is 14.8 Å². The highest BCUT2D eigenvalue weighted by molar-refractivity contribution is 7.90. The van der Waals surface area contributed by atoms with Crippen molar-refractivity contribution in [3.05, 3.63) is 53.4 Å². The first kappa shape index (κ1) is 25.3. The van der Waals surface area contributed by atoms with Gasteiger partial charge in [-0.05, 0) is 80.4 Å². The van der Waals surface area contributed by atoms with Crippen LogP contribution in [-0.4, -0.2) is 36.5 Å². The summed E-state index contributed by atoms with van der Waals surface area (Å²) in [6.45, 7) is 11.2. The zero-order valence-electron chi connectivity index (χ0n) is 21.0. The van der Waals surface area contributed by atoms with Gasteiger partial charge in [-0.15, -0.1) is 0 Å². The zero-order valence-corrected chi connectivity index (χ0v) is 21.8. The number of nitrogens with one attached hydrogen (secondary N) is 1. The number of hydrogen-bond acceptors (Lipinski definition) is 7. The van der Waals surface area contributed by atoms with Crippen LogP contribution in [0.1, 0.15) is 81.5 Å². The second-order valence-corrected chi connectivity index (χ2v) is 12.6. The van der Waals surface area contributed by atoms with Crippen LogP contribution in [0.3, 0.4) is 0 Å². The minimum atomic E-state index is -4.20. The zero-order chi connectivity index (χ0) is 25.6. The molecule has 1 fully saturated rings. The highest BCUT2D eigenvalue weighted by Gasteiger charge is 2.42. The van der Waals surface area contributed by atoms with Gasteiger partial charge in [0.2, 0.25) is 0 Å². The van der Waals surface area contributed by atoms with Crippen molar-refractivity contribution >= 4 is 27.3 Å². The summed E-state index contributed by atoms with van der Waals surface area (Å²) in [6.07, 6.45) is 4.67. The van der Waals surface area contributed by atoms with Crippen LogP contribution in [0.4, 0.5) is 5.82 Å². The Bertz CT molecular complexity index is 1280. The van der Waals surface area contributed by atoms with E-state index >= 15 is 0 Å². The molecule has 4 rings (SSSR count). The molecule has 0 spiro atoms. The van der Waals surface area contributed by atoms with E-state index in [4.69, 9.17) is 15.5 Å². The van der Waals surface area contributed by atoms with E-state index in [2.05, 4.69) is 36.6 Å². The Morgan fingerprint density at radius 2 is 1.89 bits per heavy atom. The molecule has 3 heterocycles. The maximum Gasteiger partial charge on any atom is 0.281 e. The molecule has 1 aliphatic heterocycles. The number of sulfonamides is 1. The largest absolute Gasteiger partial charge is 0.384 e. The number of carbonyl (C=O) groups excluding carboxylic acids is 1. The summed E-state index contributed by atoms with van der Waals surface area (Å²) in [5.74, 6) is -0.182. The maximum atomic E-state index is 13.4. The number of nitrogen functional groups attached to an aromatic ring is 1. The smallest absolute Gasteiger partial charge is 0.281 e. The second kappa shape index (κ2) is 9.02. The number of aromatic nitrogens is 2. The molecular weight excluding hydrogens is 464 g/mol. The van der Waals surface area contributed by atoms with Gasteiger partial charge in [-0.25, -0.2) is 9.71 Å². The Morgan fingerprint density at radius 3 is 2.51 bits per heavy atom. The number of carbonyl (C=O) groups is 1. The van der Waals surface area contributed by atoms with Crippen LogP contribution in [0.2, 0.25) is 0 Å². The normalized spacial score (nSPS) is 23.5. The molecule has 2 atom stereocenters. The van der Waals surface area contributed by atoms with Gasteiger partial charge in [-0.1, -0.05) is 26.8 Å². The average molecular weight is 499 g/mol. The number of hydrogen-bond donors (Lipinski definition) is 2. The third kappa shape index (κ3) is 5.41. The van der Waals surface area contributed by atoms with Gasteiger partial charge in [0, 0.05) is 5.92 Å². The summed E-state index contributed by atoms with van der Waals surface area (Å²) >= 11 is 0. The van der Waals surface area contributed by atoms with Crippen LogP contribution < -0.4 is 10.5 Å². The molecule has 2 aliphatic rings. The van der Waals surface area contributed by atoms with E-state index in [0.717, 1.165) is 30.5 Å². The SMILES string of the molecule is C[C@@H]1CC(c2nc(C3=CC(C)(C)OCC3)ccc2C(=O)NS(=O)(=O)c2cccc(N)n2)C(C)(C)C1. The molecule has 0 aromatic carbocycles. The van der Waals surface area contributed by atoms with Gasteiger partial charge in [0.25, 0.3) is 15.9 Å². The number of anilines is 1. The Labute approximate surface area is 207 Å². The summed E-state index contributed by atoms with van der Waals surface area (Å²) in [6, 6.07) is 7.75. The van der Waals surface area contributed by atoms with Crippen molar-refractivity contribution in [1.29, 1.82) is 0 Å². The van der Waals surface area contributed by atoms with E-state index in [1.165, 1.54) is 18.2 Å². The number of nitrogens with two attached hydrogens (primary N) is 1. The number of ether oxygens (including phenoxy) is 1. The molecule has 1 unspecified atom stereocenters. The number of rotatable bonds is 5. The number of nitrogens with zero attached hydrogens (tertiary/aromatic N) is 2. The Morgan fingerprint density at radius 1 is 1.14 bits per heavy atom. The number of amides is 1. The van der Waals surface area contributed by atoms with Crippen LogP contribution >= 0.6 is 0 Å². The first-order chi connectivity index (χ1) is 16.3. The van der Waals surface area contributed by atoms with Crippen molar-refractivity contribution in [3.8, 4) is 0 Å². The highest BCUT2D eigenvalue weighted by atomic mass is 32.2. The lowest BCUT2D eigenvalue weighted by molar-refractivity contribution is 0.0164. The van der Waals surface area contributed by atoms with Crippen LogP contribution in [0, 0.1) is 11.3 Å². The molecule has 0 saturated heterocycles. The van der Waals surface area contributed by atoms with Crippen molar-refractivity contribution in [3.63, 3.8) is 0 Å². The molecule has 8 nitrogen and oxygen atoms in total. The topological polar surface area (TPSA) is 124 Å². The molecule has 1 aliphatic carbocycles. The summed E-state index contributed by atoms with van der Waals surface area (Å²) in [4.78, 5) is 22.2. The third-order valence-electron chi connectivity index (χ3n) is 6.90. The van der Waals surface area contributed by atoms with Crippen molar-refractivity contribution < 1.29 is 17.9 Å². The molecule has 3 N–H and O–H groups in total. The molecule has 0 radical (unpaired) electrons. The predicted octanol–water partition coefficient (Wildman–Crippen LogP) is 4.30. The van der Waals surface area contributed by atoms with E-state index in [9.17, 15) is 13.2 Å². The van der Waals surface area contributed by atoms with E-state index in [0.29, 0.717) is 18.2 Å². The Hall–Kier alpha value is -2.78. The van der Waals surface area contributed by atoms with Crippen LogP contribution in [0.25, 0.3) is 5.57 Å². The predicted molar refractivity (Wildman–Crippen MR) is 135 cm³/mol. The lowest BCUT2D eigenvalue weighted by atomic mass is 9.78. The van der Waals surface area contributed by atoms with Gasteiger partial charge in [0.1, 0.15) is 5.82 Å². The van der Waals surface area contributed by atoms with E-state index in [-0.39, 0.29) is 27.7 Å². The van der Waals surface area contributed by atoms with Gasteiger partial charge in [-0.2, -0.15) is 8.42 Å². The van der Waals surface area contributed by atoms with Gasteiger partial charge in [-0.3, -0.25) is 9.78 Å². The summed E-state index contributed by atoms with van der Waals surface area (Å²) in [7, 11) is -4.20. The molecule has 9 heteroatoms. The Kier molecular flexibility index (Phi) is 6.53. The molecule has 1 amide bonds. The molecule has 35 heavy (non-hydrogen) atoms. The summed E-state index contributed by atoms with van der Waals surface area (Å²) < 4.78 is 33.7. The van der Waals surface area contributed by atoms with Crippen molar-refractivity contribution in [1.82, 2.24) is 14.7 Å². The first-order valence-electron chi connectivity index (χ1n) is 11.9. The molecule has 1 saturated carbocycles. The van der Waals surface area contributed by atoms with Gasteiger partial charge < -0.3 is 10.5 Å². The highest BCUT2D eigenvalue weighted by Crippen LogP contribution is 2.51. The van der Waals surface area contributed by atoms with Crippen LogP contribution in [0.15, 0.2) is 41.4 Å². The molecule has 0 bridgehead atoms. The van der Waals surface area contributed by atoms with Crippen LogP contribution in [0.5, 0.6) is 0 Å². The summed E-state index contributed by atoms with van der Waals surface area (Å²) in [5.41, 5.74) is 7.92. The minimum Gasteiger partial charge on any atom is -0.384 e. The Balaban J connectivity index is 1.76. The second-order valence-electron chi connectivity index (χ2n) is 10.9. The quantitative estimate of drug-likeness (QED) is 0.630. The van der Waals surface area contributed by atoms with E-state index in [1.54, 1.807) is 12.1 Å². The molecule has 2 aromatic rings. The fraction of sp³-hybridized carbons (Fsp3) is 0.500. The molecule has 188 valence electrons. The van der Waals surface area contributed by atoms with Crippen molar-refractivity contribution in [2.75, 3.05) is 12.3 Å². The molecule has 2 aromatic heterocycles.